The van der Waals surface area contributed by atoms with E-state index in [4.69, 9.17) is 4.42 Å². The Kier molecular flexibility index (Phi) is 3.58. The van der Waals surface area contributed by atoms with Crippen LogP contribution in [0.1, 0.15) is 30.3 Å². The van der Waals surface area contributed by atoms with Crippen molar-refractivity contribution in [2.24, 2.45) is 0 Å². The largest absolute Gasteiger partial charge is 0.444 e. The van der Waals surface area contributed by atoms with E-state index in [1.165, 1.54) is 0 Å². The number of halogens is 1. The summed E-state index contributed by atoms with van der Waals surface area (Å²) in [5, 5.41) is 3.31. The highest BCUT2D eigenvalue weighted by atomic mass is 79.9. The van der Waals surface area contributed by atoms with Crippen molar-refractivity contribution in [1.82, 2.24) is 10.2 Å². The van der Waals surface area contributed by atoms with E-state index in [0.717, 1.165) is 25.9 Å². The Morgan fingerprint density at radius 1 is 1.47 bits per heavy atom. The normalized spacial score (nSPS) is 19.4. The molecule has 0 saturated carbocycles. The second-order valence-electron chi connectivity index (χ2n) is 4.71. The van der Waals surface area contributed by atoms with Crippen LogP contribution in [0.4, 0.5) is 0 Å². The maximum Gasteiger partial charge on any atom is 0.289 e. The third-order valence-corrected chi connectivity index (χ3v) is 3.97. The maximum atomic E-state index is 12.1. The second kappa shape index (κ2) is 4.82. The van der Waals surface area contributed by atoms with Gasteiger partial charge in [0.15, 0.2) is 10.4 Å². The lowest BCUT2D eigenvalue weighted by Gasteiger charge is -2.38. The van der Waals surface area contributed by atoms with Gasteiger partial charge in [-0.25, -0.2) is 0 Å². The summed E-state index contributed by atoms with van der Waals surface area (Å²) in [6.07, 6.45) is 1.94. The van der Waals surface area contributed by atoms with Gasteiger partial charge in [-0.1, -0.05) is 0 Å². The van der Waals surface area contributed by atoms with Crippen LogP contribution < -0.4 is 5.32 Å². The van der Waals surface area contributed by atoms with Crippen LogP contribution in [0.3, 0.4) is 0 Å². The summed E-state index contributed by atoms with van der Waals surface area (Å²) in [5.41, 5.74) is 0.153. The first-order chi connectivity index (χ1) is 8.04. The Hall–Kier alpha value is -0.810. The number of carbonyl (C=O) groups excluding carboxylic acids is 1. The van der Waals surface area contributed by atoms with Crippen LogP contribution in [0.15, 0.2) is 21.2 Å². The van der Waals surface area contributed by atoms with Gasteiger partial charge in [0.25, 0.3) is 5.91 Å². The van der Waals surface area contributed by atoms with Gasteiger partial charge in [0, 0.05) is 18.6 Å². The molecule has 1 aromatic heterocycles. The number of carbonyl (C=O) groups is 1. The molecule has 0 aliphatic carbocycles. The summed E-state index contributed by atoms with van der Waals surface area (Å²) < 4.78 is 5.88. The van der Waals surface area contributed by atoms with Crippen molar-refractivity contribution >= 4 is 21.8 Å². The van der Waals surface area contributed by atoms with Crippen LogP contribution in [0.5, 0.6) is 0 Å². The molecule has 4 nitrogen and oxygen atoms in total. The zero-order chi connectivity index (χ0) is 12.5. The zero-order valence-corrected chi connectivity index (χ0v) is 11.7. The molecule has 1 saturated heterocycles. The molecule has 1 fully saturated rings. The van der Waals surface area contributed by atoms with E-state index in [1.54, 1.807) is 12.1 Å². The van der Waals surface area contributed by atoms with Crippen molar-refractivity contribution in [3.05, 3.63) is 22.6 Å². The number of furan rings is 1. The molecule has 2 rings (SSSR count). The molecule has 1 aliphatic heterocycles. The molecule has 1 aromatic rings. The lowest BCUT2D eigenvalue weighted by Crippen LogP contribution is -2.51. The minimum Gasteiger partial charge on any atom is -0.444 e. The van der Waals surface area contributed by atoms with Crippen molar-refractivity contribution in [3.8, 4) is 0 Å². The molecule has 0 bridgehead atoms. The summed E-state index contributed by atoms with van der Waals surface area (Å²) in [5.74, 6) is 0.388. The Balaban J connectivity index is 1.99. The predicted molar refractivity (Wildman–Crippen MR) is 69.0 cm³/mol. The molecule has 0 atom stereocenters. The first-order valence-electron chi connectivity index (χ1n) is 5.78. The highest BCUT2D eigenvalue weighted by molar-refractivity contribution is 9.10. The van der Waals surface area contributed by atoms with E-state index >= 15 is 0 Å². The smallest absolute Gasteiger partial charge is 0.289 e. The van der Waals surface area contributed by atoms with Crippen LogP contribution in [0, 0.1) is 0 Å². The van der Waals surface area contributed by atoms with E-state index < -0.39 is 0 Å². The van der Waals surface area contributed by atoms with Crippen LogP contribution in [0.25, 0.3) is 0 Å². The zero-order valence-electron chi connectivity index (χ0n) is 10.1. The van der Waals surface area contributed by atoms with Crippen molar-refractivity contribution in [2.45, 2.75) is 25.3 Å². The van der Waals surface area contributed by atoms with Gasteiger partial charge in [0.05, 0.1) is 0 Å². The molecular weight excluding hydrogens is 284 g/mol. The van der Waals surface area contributed by atoms with E-state index in [-0.39, 0.29) is 11.4 Å². The molecule has 1 amide bonds. The minimum absolute atomic E-state index is 0.0196. The third-order valence-electron chi connectivity index (χ3n) is 3.54. The molecule has 1 aliphatic rings. The van der Waals surface area contributed by atoms with Gasteiger partial charge in [0.2, 0.25) is 0 Å². The van der Waals surface area contributed by atoms with E-state index in [1.807, 2.05) is 11.9 Å². The van der Waals surface area contributed by atoms with Crippen LogP contribution >= 0.6 is 15.9 Å². The van der Waals surface area contributed by atoms with E-state index in [2.05, 4.69) is 28.2 Å². The Morgan fingerprint density at radius 2 is 2.12 bits per heavy atom. The molecule has 0 unspecified atom stereocenters. The summed E-state index contributed by atoms with van der Waals surface area (Å²) in [4.78, 5) is 14.0. The van der Waals surface area contributed by atoms with Gasteiger partial charge in [0.1, 0.15) is 0 Å². The van der Waals surface area contributed by atoms with Crippen LogP contribution in [0.2, 0.25) is 0 Å². The van der Waals surface area contributed by atoms with E-state index in [9.17, 15) is 4.79 Å². The molecule has 17 heavy (non-hydrogen) atoms. The number of piperidine rings is 1. The van der Waals surface area contributed by atoms with Gasteiger partial charge < -0.3 is 14.6 Å². The number of nitrogens with zero attached hydrogens (tertiary/aromatic N) is 1. The molecule has 1 N–H and O–H groups in total. The number of nitrogens with one attached hydrogen (secondary N) is 1. The summed E-state index contributed by atoms with van der Waals surface area (Å²) in [6.45, 7) is 3.74. The highest BCUT2D eigenvalue weighted by Crippen LogP contribution is 2.23. The summed E-state index contributed by atoms with van der Waals surface area (Å²) in [6, 6.07) is 3.45. The molecular formula is C12H17BrN2O2. The van der Waals surface area contributed by atoms with Crippen molar-refractivity contribution < 1.29 is 9.21 Å². The van der Waals surface area contributed by atoms with Gasteiger partial charge in [-0.3, -0.25) is 4.79 Å². The lowest BCUT2D eigenvalue weighted by atomic mass is 9.90. The molecule has 94 valence electrons. The monoisotopic (exact) mass is 300 g/mol. The fourth-order valence-electron chi connectivity index (χ4n) is 2.04. The number of amides is 1. The topological polar surface area (TPSA) is 45.5 Å². The molecule has 0 radical (unpaired) electrons. The second-order valence-corrected chi connectivity index (χ2v) is 5.49. The van der Waals surface area contributed by atoms with Gasteiger partial charge in [-0.2, -0.15) is 0 Å². The average Bonchev–Trinajstić information content (AvgIpc) is 2.76. The summed E-state index contributed by atoms with van der Waals surface area (Å²) in [7, 11) is 1.97. The average molecular weight is 301 g/mol. The number of rotatable bonds is 2. The Morgan fingerprint density at radius 3 is 2.59 bits per heavy atom. The third kappa shape index (κ3) is 2.72. The lowest BCUT2D eigenvalue weighted by molar-refractivity contribution is 0.0629. The van der Waals surface area contributed by atoms with Crippen LogP contribution in [-0.4, -0.2) is 36.5 Å². The van der Waals surface area contributed by atoms with Gasteiger partial charge >= 0.3 is 0 Å². The Labute approximate surface area is 109 Å². The standard InChI is InChI=1S/C12H17BrN2O2/c1-12(14-2)5-7-15(8-6-12)11(16)9-3-4-10(13)17-9/h3-4,14H,5-8H2,1-2H3. The fraction of sp³-hybridized carbons (Fsp3) is 0.583. The van der Waals surface area contributed by atoms with Crippen molar-refractivity contribution in [2.75, 3.05) is 20.1 Å². The van der Waals surface area contributed by atoms with E-state index in [0.29, 0.717) is 10.4 Å². The molecule has 0 spiro atoms. The van der Waals surface area contributed by atoms with Gasteiger partial charge in [-0.15, -0.1) is 0 Å². The highest BCUT2D eigenvalue weighted by Gasteiger charge is 2.31. The maximum absolute atomic E-state index is 12.1. The van der Waals surface area contributed by atoms with Gasteiger partial charge in [-0.05, 0) is 54.9 Å². The number of hydrogen-bond acceptors (Lipinski definition) is 3. The van der Waals surface area contributed by atoms with Crippen LogP contribution in [-0.2, 0) is 0 Å². The first-order valence-corrected chi connectivity index (χ1v) is 6.57. The predicted octanol–water partition coefficient (Wildman–Crippen LogP) is 2.26. The quantitative estimate of drug-likeness (QED) is 0.911. The minimum atomic E-state index is -0.0196. The fourth-order valence-corrected chi connectivity index (χ4v) is 2.34. The number of likely N-dealkylation sites (tertiary alicyclic amines) is 1. The molecule has 0 aromatic carbocycles. The van der Waals surface area contributed by atoms with Crippen molar-refractivity contribution in [1.29, 1.82) is 0 Å². The molecule has 2 heterocycles. The van der Waals surface area contributed by atoms with Crippen molar-refractivity contribution in [3.63, 3.8) is 0 Å². The SMILES string of the molecule is CNC1(C)CCN(C(=O)c2ccc(Br)o2)CC1. The Bertz CT molecular complexity index is 408. The number of hydrogen-bond donors (Lipinski definition) is 1. The summed E-state index contributed by atoms with van der Waals surface area (Å²) >= 11 is 3.21. The molecule has 5 heteroatoms. The first kappa shape index (κ1) is 12.6.